The van der Waals surface area contributed by atoms with Crippen molar-refractivity contribution in [1.82, 2.24) is 0 Å². The Labute approximate surface area is 97.0 Å². The maximum Gasteiger partial charge on any atom is 0.349 e. The molecule has 0 aliphatic carbocycles. The van der Waals surface area contributed by atoms with Crippen LogP contribution in [0.2, 0.25) is 0 Å². The highest BCUT2D eigenvalue weighted by Crippen LogP contribution is 2.39. The summed E-state index contributed by atoms with van der Waals surface area (Å²) in [5.74, 6) is -0.310. The summed E-state index contributed by atoms with van der Waals surface area (Å²) in [6.07, 6.45) is 0. The summed E-state index contributed by atoms with van der Waals surface area (Å²) in [7, 11) is 0. The van der Waals surface area contributed by atoms with Crippen molar-refractivity contribution in [2.24, 2.45) is 0 Å². The van der Waals surface area contributed by atoms with Crippen LogP contribution in [0.4, 0.5) is 11.4 Å². The molecule has 0 spiro atoms. The van der Waals surface area contributed by atoms with E-state index in [-0.39, 0.29) is 5.75 Å². The molecule has 0 bridgehead atoms. The monoisotopic (exact) mass is 240 g/mol. The summed E-state index contributed by atoms with van der Waals surface area (Å²) >= 11 is 0. The van der Waals surface area contributed by atoms with Crippen LogP contribution < -0.4 is 0 Å². The molecule has 0 aliphatic heterocycles. The van der Waals surface area contributed by atoms with E-state index < -0.39 is 26.6 Å². The van der Waals surface area contributed by atoms with Gasteiger partial charge < -0.3 is 5.11 Å². The zero-order valence-electron chi connectivity index (χ0n) is 9.63. The smallest absolute Gasteiger partial charge is 0.349 e. The van der Waals surface area contributed by atoms with Crippen LogP contribution in [0, 0.1) is 20.2 Å². The van der Waals surface area contributed by atoms with Gasteiger partial charge in [0.15, 0.2) is 0 Å². The van der Waals surface area contributed by atoms with Crippen LogP contribution in [0.1, 0.15) is 26.3 Å². The second kappa shape index (κ2) is 4.00. The van der Waals surface area contributed by atoms with Crippen LogP contribution in [0.25, 0.3) is 0 Å². The molecule has 1 aromatic carbocycles. The molecule has 0 fully saturated rings. The fraction of sp³-hybridized carbons (Fsp3) is 0.400. The number of phenols is 1. The number of benzene rings is 1. The summed E-state index contributed by atoms with van der Waals surface area (Å²) in [6.45, 7) is 5.24. The normalized spacial score (nSPS) is 11.2. The number of hydrogen-bond acceptors (Lipinski definition) is 5. The minimum atomic E-state index is -0.885. The molecule has 17 heavy (non-hydrogen) atoms. The Kier molecular flexibility index (Phi) is 3.03. The van der Waals surface area contributed by atoms with Gasteiger partial charge in [0.05, 0.1) is 15.9 Å². The number of nitro benzene ring substituents is 2. The van der Waals surface area contributed by atoms with Crippen LogP contribution in [0.3, 0.4) is 0 Å². The van der Waals surface area contributed by atoms with Crippen molar-refractivity contribution >= 4 is 11.4 Å². The Bertz CT molecular complexity index is 490. The SMILES string of the molecule is CC(C)(C)c1cc([N+](=O)[O-])c([N+](=O)[O-])cc1O. The first-order valence-electron chi connectivity index (χ1n) is 4.81. The van der Waals surface area contributed by atoms with E-state index in [4.69, 9.17) is 0 Å². The first-order valence-corrected chi connectivity index (χ1v) is 4.81. The van der Waals surface area contributed by atoms with Gasteiger partial charge >= 0.3 is 11.4 Å². The Balaban J connectivity index is 3.57. The molecular formula is C10H12N2O5. The second-order valence-electron chi connectivity index (χ2n) is 4.62. The van der Waals surface area contributed by atoms with E-state index in [0.29, 0.717) is 5.56 Å². The lowest BCUT2D eigenvalue weighted by atomic mass is 9.86. The number of nitro groups is 2. The molecule has 0 amide bonds. The highest BCUT2D eigenvalue weighted by molar-refractivity contribution is 5.60. The molecule has 0 aromatic heterocycles. The fourth-order valence-corrected chi connectivity index (χ4v) is 1.46. The largest absolute Gasteiger partial charge is 0.507 e. The predicted octanol–water partition coefficient (Wildman–Crippen LogP) is 2.51. The third kappa shape index (κ3) is 2.49. The minimum Gasteiger partial charge on any atom is -0.507 e. The maximum atomic E-state index is 10.7. The second-order valence-corrected chi connectivity index (χ2v) is 4.62. The summed E-state index contributed by atoms with van der Waals surface area (Å²) in [5.41, 5.74) is -1.56. The average molecular weight is 240 g/mol. The van der Waals surface area contributed by atoms with Crippen molar-refractivity contribution in [3.8, 4) is 5.75 Å². The van der Waals surface area contributed by atoms with Gasteiger partial charge in [0.1, 0.15) is 5.75 Å². The molecule has 7 heteroatoms. The fourth-order valence-electron chi connectivity index (χ4n) is 1.46. The third-order valence-electron chi connectivity index (χ3n) is 2.29. The van der Waals surface area contributed by atoms with Crippen molar-refractivity contribution in [3.63, 3.8) is 0 Å². The Morgan fingerprint density at radius 2 is 1.47 bits per heavy atom. The van der Waals surface area contributed by atoms with Crippen LogP contribution in [0.5, 0.6) is 5.75 Å². The number of nitrogens with zero attached hydrogens (tertiary/aromatic N) is 2. The maximum absolute atomic E-state index is 10.7. The molecule has 0 heterocycles. The first kappa shape index (κ1) is 12.9. The van der Waals surface area contributed by atoms with Crippen LogP contribution in [0.15, 0.2) is 12.1 Å². The molecule has 0 unspecified atom stereocenters. The van der Waals surface area contributed by atoms with E-state index in [1.165, 1.54) is 0 Å². The van der Waals surface area contributed by atoms with Crippen molar-refractivity contribution in [2.45, 2.75) is 26.2 Å². The van der Waals surface area contributed by atoms with E-state index in [0.717, 1.165) is 12.1 Å². The van der Waals surface area contributed by atoms with Gasteiger partial charge in [-0.05, 0) is 5.41 Å². The molecule has 0 saturated carbocycles. The topological polar surface area (TPSA) is 107 Å². The molecule has 1 rings (SSSR count). The lowest BCUT2D eigenvalue weighted by Gasteiger charge is -2.19. The molecule has 0 saturated heterocycles. The third-order valence-corrected chi connectivity index (χ3v) is 2.29. The predicted molar refractivity (Wildman–Crippen MR) is 60.1 cm³/mol. The zero-order valence-corrected chi connectivity index (χ0v) is 9.63. The summed E-state index contributed by atoms with van der Waals surface area (Å²) < 4.78 is 0. The van der Waals surface area contributed by atoms with E-state index in [1.807, 2.05) is 0 Å². The van der Waals surface area contributed by atoms with Gasteiger partial charge in [-0.15, -0.1) is 0 Å². The summed E-state index contributed by atoms with van der Waals surface area (Å²) in [5, 5.41) is 31.0. The Morgan fingerprint density at radius 1 is 1.06 bits per heavy atom. The lowest BCUT2D eigenvalue weighted by molar-refractivity contribution is -0.422. The molecule has 0 atom stereocenters. The van der Waals surface area contributed by atoms with E-state index in [2.05, 4.69) is 0 Å². The Hall–Kier alpha value is -2.18. The molecule has 92 valence electrons. The molecule has 0 radical (unpaired) electrons. The van der Waals surface area contributed by atoms with Gasteiger partial charge in [0.25, 0.3) is 0 Å². The highest BCUT2D eigenvalue weighted by atomic mass is 16.6. The van der Waals surface area contributed by atoms with Crippen LogP contribution in [-0.2, 0) is 5.41 Å². The summed E-state index contributed by atoms with van der Waals surface area (Å²) in [6, 6.07) is 1.87. The van der Waals surface area contributed by atoms with Gasteiger partial charge in [0, 0.05) is 11.6 Å². The van der Waals surface area contributed by atoms with Crippen molar-refractivity contribution in [2.75, 3.05) is 0 Å². The standard InChI is InChI=1S/C10H12N2O5/c1-10(2,3)6-4-7(11(14)15)8(12(16)17)5-9(6)13/h4-5,13H,1-3H3. The average Bonchev–Trinajstić information content (AvgIpc) is 2.14. The van der Waals surface area contributed by atoms with Crippen molar-refractivity contribution in [3.05, 3.63) is 37.9 Å². The van der Waals surface area contributed by atoms with Gasteiger partial charge in [-0.25, -0.2) is 0 Å². The number of aromatic hydroxyl groups is 1. The van der Waals surface area contributed by atoms with E-state index in [9.17, 15) is 25.3 Å². The molecule has 1 N–H and O–H groups in total. The van der Waals surface area contributed by atoms with Crippen LogP contribution in [-0.4, -0.2) is 15.0 Å². The van der Waals surface area contributed by atoms with E-state index >= 15 is 0 Å². The zero-order chi connectivity index (χ0) is 13.4. The molecule has 7 nitrogen and oxygen atoms in total. The van der Waals surface area contributed by atoms with E-state index in [1.54, 1.807) is 20.8 Å². The molecule has 0 aliphatic rings. The number of rotatable bonds is 2. The van der Waals surface area contributed by atoms with Crippen molar-refractivity contribution in [1.29, 1.82) is 0 Å². The van der Waals surface area contributed by atoms with Gasteiger partial charge in [-0.3, -0.25) is 20.2 Å². The lowest BCUT2D eigenvalue weighted by Crippen LogP contribution is -2.12. The number of phenolic OH excluding ortho intramolecular Hbond substituents is 1. The van der Waals surface area contributed by atoms with Gasteiger partial charge in [-0.1, -0.05) is 20.8 Å². The van der Waals surface area contributed by atoms with Crippen LogP contribution >= 0.6 is 0 Å². The molecular weight excluding hydrogens is 228 g/mol. The van der Waals surface area contributed by atoms with Crippen molar-refractivity contribution < 1.29 is 15.0 Å². The summed E-state index contributed by atoms with van der Waals surface area (Å²) in [4.78, 5) is 19.7. The van der Waals surface area contributed by atoms with Gasteiger partial charge in [0.2, 0.25) is 0 Å². The Morgan fingerprint density at radius 3 is 1.82 bits per heavy atom. The molecule has 1 aromatic rings. The quantitative estimate of drug-likeness (QED) is 0.631. The minimum absolute atomic E-state index is 0.301. The highest BCUT2D eigenvalue weighted by Gasteiger charge is 2.30. The number of hydrogen-bond donors (Lipinski definition) is 1. The van der Waals surface area contributed by atoms with Gasteiger partial charge in [-0.2, -0.15) is 0 Å². The first-order chi connectivity index (χ1) is 7.64.